The van der Waals surface area contributed by atoms with Crippen molar-refractivity contribution in [2.24, 2.45) is 0 Å². The first-order chi connectivity index (χ1) is 26.7. The molecule has 9 rings (SSSR count). The molecule has 290 valence electrons. The minimum absolute atomic E-state index is 0.00382. The second-order valence-corrected chi connectivity index (χ2v) is 20.5. The van der Waals surface area contributed by atoms with Crippen molar-refractivity contribution in [2.45, 2.75) is 105 Å². The summed E-state index contributed by atoms with van der Waals surface area (Å²) in [5.41, 5.74) is 12.4. The number of hydrogen-bond acceptors (Lipinski definition) is 2. The Morgan fingerprint density at radius 2 is 1.04 bits per heavy atom. The van der Waals surface area contributed by atoms with Gasteiger partial charge in [0.15, 0.2) is 18.0 Å². The highest BCUT2D eigenvalue weighted by Crippen LogP contribution is 2.75. The molecule has 2 atom stereocenters. The van der Waals surface area contributed by atoms with Crippen LogP contribution in [0.1, 0.15) is 105 Å². The first kappa shape index (κ1) is 37.4. The molecule has 1 fully saturated rings. The zero-order chi connectivity index (χ0) is 40.5. The fraction of sp³-hybridized carbons (Fsp3) is 0.308. The van der Waals surface area contributed by atoms with E-state index in [1.165, 1.54) is 55.8 Å². The van der Waals surface area contributed by atoms with Crippen LogP contribution in [-0.4, -0.2) is 9.55 Å². The molecule has 5 aromatic carbocycles. The fourth-order valence-electron chi connectivity index (χ4n) is 8.83. The van der Waals surface area contributed by atoms with Gasteiger partial charge in [0.1, 0.15) is 17.3 Å². The average Bonchev–Trinajstić information content (AvgIpc) is 3.64. The fourth-order valence-corrected chi connectivity index (χ4v) is 8.83. The van der Waals surface area contributed by atoms with Crippen molar-refractivity contribution in [2.75, 3.05) is 0 Å². The monoisotopic (exact) mass is 753 g/mol. The second kappa shape index (κ2) is 12.1. The number of rotatable bonds is 5. The van der Waals surface area contributed by atoms with E-state index in [9.17, 15) is 0 Å². The Labute approximate surface area is 339 Å². The quantitative estimate of drug-likeness (QED) is 0.0994. The number of quaternary nitrogens is 2. The highest BCUT2D eigenvalue weighted by atomic mass is 16.5. The molecule has 2 aliphatic heterocycles. The zero-order valence-electron chi connectivity index (χ0n) is 35.8. The predicted octanol–water partition coefficient (Wildman–Crippen LogP) is 14.5. The Morgan fingerprint density at radius 1 is 0.474 bits per heavy atom. The Morgan fingerprint density at radius 3 is 1.68 bits per heavy atom. The minimum atomic E-state index is -0.0977. The van der Waals surface area contributed by atoms with Crippen LogP contribution in [0.3, 0.4) is 0 Å². The number of ether oxygens (including phenoxy) is 1. The van der Waals surface area contributed by atoms with Crippen LogP contribution in [0.2, 0.25) is 0 Å². The summed E-state index contributed by atoms with van der Waals surface area (Å²) in [4.78, 5) is 4.98. The van der Waals surface area contributed by atoms with E-state index in [2.05, 4.69) is 210 Å². The Hall–Kier alpha value is -5.23. The number of pyridine rings is 1. The summed E-state index contributed by atoms with van der Waals surface area (Å²) in [6.07, 6.45) is 1.95. The lowest BCUT2D eigenvalue weighted by Gasteiger charge is -2.40. The molecule has 2 aliphatic rings. The number of nitrogens with zero attached hydrogens (tertiary/aromatic N) is 4. The molecular weight excluding hydrogens is 697 g/mol. The maximum atomic E-state index is 7.01. The number of benzene rings is 5. The van der Waals surface area contributed by atoms with Gasteiger partial charge >= 0.3 is 0 Å². The molecule has 57 heavy (non-hydrogen) atoms. The lowest BCUT2D eigenvalue weighted by atomic mass is 9.86. The van der Waals surface area contributed by atoms with Crippen molar-refractivity contribution < 1.29 is 4.74 Å². The number of para-hydroxylation sites is 2. The molecular formula is C52H57N4O+. The topological polar surface area (TPSA) is 27.1 Å². The first-order valence-electron chi connectivity index (χ1n) is 20.5. The summed E-state index contributed by atoms with van der Waals surface area (Å²) in [5, 5.41) is 2.39. The molecule has 0 aliphatic carbocycles. The van der Waals surface area contributed by atoms with Crippen molar-refractivity contribution in [3.8, 4) is 17.3 Å². The van der Waals surface area contributed by atoms with E-state index in [0.29, 0.717) is 9.18 Å². The van der Waals surface area contributed by atoms with E-state index in [1.807, 2.05) is 6.20 Å². The zero-order valence-corrected chi connectivity index (χ0v) is 35.8. The molecule has 1 saturated heterocycles. The Kier molecular flexibility index (Phi) is 7.96. The highest BCUT2D eigenvalue weighted by molar-refractivity contribution is 6.09. The molecule has 0 amide bonds. The maximum absolute atomic E-state index is 7.01. The number of hydrogen-bond donors (Lipinski definition) is 0. The molecule has 5 heteroatoms. The van der Waals surface area contributed by atoms with Gasteiger partial charge in [-0.2, -0.15) is 9.18 Å². The van der Waals surface area contributed by atoms with Gasteiger partial charge in [-0.25, -0.2) is 4.98 Å². The standard InChI is InChI=1S/C52H57N4O/c1-49(2,3)34-16-15-17-38(26-34)55-33-56(55,47-19-14-13-18-46(47)55)39-27-37(52(10,11)12)28-41(31-39)57-40-21-23-43-42-22-20-35(50(4,5)6)29-44(42)54(45(43)32-40)48-30-36(24-25-53-48)51(7,8)9/h13-33H,1-12H3/q+1/t55-,56?/m0/s1. The van der Waals surface area contributed by atoms with Crippen LogP contribution in [0.15, 0.2) is 121 Å². The van der Waals surface area contributed by atoms with E-state index >= 15 is 0 Å². The van der Waals surface area contributed by atoms with Crippen LogP contribution in [0, 0.1) is 6.67 Å². The summed E-state index contributed by atoms with van der Waals surface area (Å²) < 4.78 is 10.6. The van der Waals surface area contributed by atoms with Crippen LogP contribution >= 0.6 is 0 Å². The smallest absolute Gasteiger partial charge is 0.225 e. The summed E-state index contributed by atoms with van der Waals surface area (Å²) in [5.74, 6) is 2.54. The van der Waals surface area contributed by atoms with Crippen molar-refractivity contribution in [3.05, 3.63) is 150 Å². The third kappa shape index (κ3) is 5.76. The predicted molar refractivity (Wildman–Crippen MR) is 240 cm³/mol. The summed E-state index contributed by atoms with van der Waals surface area (Å²) in [6, 6.07) is 42.8. The lowest BCUT2D eigenvalue weighted by Crippen LogP contribution is -2.46. The van der Waals surface area contributed by atoms with Crippen molar-refractivity contribution >= 4 is 44.6 Å². The van der Waals surface area contributed by atoms with Crippen molar-refractivity contribution in [3.63, 3.8) is 0 Å². The van der Waals surface area contributed by atoms with Crippen LogP contribution in [0.4, 0.5) is 22.7 Å². The highest BCUT2D eigenvalue weighted by Gasteiger charge is 2.78. The molecule has 0 bridgehead atoms. The molecule has 1 unspecified atom stereocenters. The van der Waals surface area contributed by atoms with Gasteiger partial charge in [-0.1, -0.05) is 119 Å². The van der Waals surface area contributed by atoms with Gasteiger partial charge in [-0.3, -0.25) is 4.57 Å². The summed E-state index contributed by atoms with van der Waals surface area (Å²) in [6.45, 7) is 29.8. The molecule has 0 radical (unpaired) electrons. The van der Waals surface area contributed by atoms with Gasteiger partial charge in [0.25, 0.3) is 0 Å². The molecule has 0 spiro atoms. The third-order valence-corrected chi connectivity index (χ3v) is 12.3. The van der Waals surface area contributed by atoms with Gasteiger partial charge in [-0.05, 0) is 80.3 Å². The Balaban J connectivity index is 1.20. The van der Waals surface area contributed by atoms with Crippen molar-refractivity contribution in [1.82, 2.24) is 18.7 Å². The van der Waals surface area contributed by atoms with Gasteiger partial charge in [0.2, 0.25) is 11.4 Å². The molecule has 7 aromatic rings. The van der Waals surface area contributed by atoms with Crippen LogP contribution in [0.5, 0.6) is 11.5 Å². The SMILES string of the molecule is CC(C)(C)c1cc(Oc2ccc3c4ccc(C(C)(C)C)cc4n(-c4cc(C(C)(C)C)ccn4)c3c2)cc([N+]23[CH-][N@+]2(c2cccc(C(C)(C)C)c2)c2ccccc23)c1. The second-order valence-electron chi connectivity index (χ2n) is 20.5. The van der Waals surface area contributed by atoms with Crippen LogP contribution in [0.25, 0.3) is 27.6 Å². The van der Waals surface area contributed by atoms with Gasteiger partial charge in [-0.15, -0.1) is 0 Å². The molecule has 5 nitrogen and oxygen atoms in total. The van der Waals surface area contributed by atoms with Gasteiger partial charge in [0.05, 0.1) is 11.0 Å². The Bertz CT molecular complexity index is 2750. The summed E-state index contributed by atoms with van der Waals surface area (Å²) in [7, 11) is 0. The largest absolute Gasteiger partial charge is 0.457 e. The molecule has 2 aromatic heterocycles. The maximum Gasteiger partial charge on any atom is 0.225 e. The van der Waals surface area contributed by atoms with Crippen LogP contribution < -0.4 is 13.9 Å². The average molecular weight is 754 g/mol. The minimum Gasteiger partial charge on any atom is -0.457 e. The third-order valence-electron chi connectivity index (χ3n) is 12.3. The van der Waals surface area contributed by atoms with Crippen LogP contribution in [-0.2, 0) is 21.7 Å². The van der Waals surface area contributed by atoms with Crippen molar-refractivity contribution in [1.29, 1.82) is 0 Å². The first-order valence-corrected chi connectivity index (χ1v) is 20.5. The van der Waals surface area contributed by atoms with Gasteiger partial charge < -0.3 is 4.74 Å². The number of aromatic nitrogens is 2. The van der Waals surface area contributed by atoms with E-state index < -0.39 is 0 Å². The lowest BCUT2D eigenvalue weighted by molar-refractivity contribution is 0.421. The molecule has 4 heterocycles. The van der Waals surface area contributed by atoms with E-state index in [-0.39, 0.29) is 21.7 Å². The van der Waals surface area contributed by atoms with E-state index in [1.54, 1.807) is 0 Å². The normalized spacial score (nSPS) is 19.3. The van der Waals surface area contributed by atoms with E-state index in [4.69, 9.17) is 9.72 Å². The number of fused-ring (bicyclic) bond motifs is 7. The summed E-state index contributed by atoms with van der Waals surface area (Å²) >= 11 is 0. The van der Waals surface area contributed by atoms with E-state index in [0.717, 1.165) is 28.4 Å². The molecule has 0 N–H and O–H groups in total. The van der Waals surface area contributed by atoms with Gasteiger partial charge in [0, 0.05) is 59.4 Å². The molecule has 0 saturated carbocycles.